The molecule has 0 spiro atoms. The van der Waals surface area contributed by atoms with Crippen molar-refractivity contribution in [2.45, 2.75) is 62.8 Å². The lowest BCUT2D eigenvalue weighted by Gasteiger charge is -2.28. The highest BCUT2D eigenvalue weighted by Crippen LogP contribution is 2.32. The van der Waals surface area contributed by atoms with E-state index in [2.05, 4.69) is 4.98 Å². The molecule has 0 amide bonds. The number of rotatable bonds is 7. The van der Waals surface area contributed by atoms with Gasteiger partial charge in [0, 0.05) is 29.6 Å². The van der Waals surface area contributed by atoms with Gasteiger partial charge in [0.15, 0.2) is 15.6 Å². The number of aryl methyl sites for hydroxylation is 1. The number of carbonyl (C=O) groups is 1. The molecule has 6 nitrogen and oxygen atoms in total. The van der Waals surface area contributed by atoms with E-state index in [1.165, 1.54) is 28.4 Å². The molecule has 0 aromatic carbocycles. The minimum atomic E-state index is -3.49. The molecular formula is C20H26N2O4S2. The fourth-order valence-corrected chi connectivity index (χ4v) is 5.35. The topological polar surface area (TPSA) is 86.1 Å². The quantitative estimate of drug-likeness (QED) is 0.683. The zero-order chi connectivity index (χ0) is 20.3. The van der Waals surface area contributed by atoms with Gasteiger partial charge in [-0.2, -0.15) is 0 Å². The van der Waals surface area contributed by atoms with Gasteiger partial charge in [-0.3, -0.25) is 9.59 Å². The summed E-state index contributed by atoms with van der Waals surface area (Å²) in [5.41, 5.74) is 0.0648. The number of thiazole rings is 1. The Bertz CT molecular complexity index is 988. The molecule has 0 N–H and O–H groups in total. The Morgan fingerprint density at radius 2 is 2.00 bits per heavy atom. The van der Waals surface area contributed by atoms with Crippen LogP contribution in [-0.2, 0) is 21.1 Å². The van der Waals surface area contributed by atoms with E-state index in [9.17, 15) is 18.0 Å². The Labute approximate surface area is 169 Å². The van der Waals surface area contributed by atoms with Crippen molar-refractivity contribution in [2.75, 3.05) is 6.26 Å². The molecule has 2 heterocycles. The van der Waals surface area contributed by atoms with Gasteiger partial charge < -0.3 is 4.57 Å². The Kier molecular flexibility index (Phi) is 6.50. The highest BCUT2D eigenvalue weighted by Gasteiger charge is 2.28. The van der Waals surface area contributed by atoms with Crippen LogP contribution in [0.25, 0.3) is 0 Å². The zero-order valence-corrected chi connectivity index (χ0v) is 17.9. The number of pyridine rings is 1. The molecule has 152 valence electrons. The molecule has 8 heteroatoms. The van der Waals surface area contributed by atoms with Crippen molar-refractivity contribution in [3.63, 3.8) is 0 Å². The normalized spacial score (nSPS) is 16.8. The zero-order valence-electron chi connectivity index (χ0n) is 16.3. The molecule has 3 rings (SSSR count). The van der Waals surface area contributed by atoms with Gasteiger partial charge in [0.2, 0.25) is 0 Å². The van der Waals surface area contributed by atoms with Crippen LogP contribution in [0.5, 0.6) is 0 Å². The fraction of sp³-hybridized carbons (Fsp3) is 0.550. The average molecular weight is 423 g/mol. The van der Waals surface area contributed by atoms with Crippen molar-refractivity contribution in [3.05, 3.63) is 44.8 Å². The van der Waals surface area contributed by atoms with Crippen molar-refractivity contribution < 1.29 is 13.2 Å². The van der Waals surface area contributed by atoms with Crippen molar-refractivity contribution in [1.82, 2.24) is 9.55 Å². The monoisotopic (exact) mass is 422 g/mol. The Balaban J connectivity index is 1.97. The minimum absolute atomic E-state index is 0.00459. The highest BCUT2D eigenvalue weighted by molar-refractivity contribution is 7.90. The predicted molar refractivity (Wildman–Crippen MR) is 110 cm³/mol. The summed E-state index contributed by atoms with van der Waals surface area (Å²) in [6.07, 6.45) is 9.21. The number of ketones is 1. The molecule has 1 aliphatic carbocycles. The summed E-state index contributed by atoms with van der Waals surface area (Å²) < 4.78 is 25.2. The summed E-state index contributed by atoms with van der Waals surface area (Å²) in [6.45, 7) is 1.70. The van der Waals surface area contributed by atoms with E-state index in [-0.39, 0.29) is 17.1 Å². The number of hydrogen-bond donors (Lipinski definition) is 0. The lowest BCUT2D eigenvalue weighted by molar-refractivity contribution is -0.122. The number of sulfone groups is 1. The van der Waals surface area contributed by atoms with Crippen LogP contribution in [0.4, 0.5) is 0 Å². The second kappa shape index (κ2) is 8.69. The van der Waals surface area contributed by atoms with E-state index in [0.717, 1.165) is 43.0 Å². The molecule has 0 aliphatic heterocycles. The molecule has 1 saturated carbocycles. The van der Waals surface area contributed by atoms with Crippen LogP contribution in [0.3, 0.4) is 0 Å². The molecular weight excluding hydrogens is 396 g/mol. The summed E-state index contributed by atoms with van der Waals surface area (Å²) in [7, 11) is -3.49. The molecule has 0 bridgehead atoms. The van der Waals surface area contributed by atoms with Gasteiger partial charge in [0.05, 0.1) is 22.4 Å². The number of aromatic nitrogens is 2. The first-order valence-electron chi connectivity index (χ1n) is 9.60. The maximum Gasteiger partial charge on any atom is 0.252 e. The number of nitrogens with zero attached hydrogens (tertiary/aromatic N) is 2. The molecule has 1 aliphatic rings. The third-order valence-electron chi connectivity index (χ3n) is 5.44. The third-order valence-corrected chi connectivity index (χ3v) is 7.31. The van der Waals surface area contributed by atoms with Gasteiger partial charge in [-0.15, -0.1) is 11.3 Å². The average Bonchev–Trinajstić information content (AvgIpc) is 3.13. The first-order valence-corrected chi connectivity index (χ1v) is 12.4. The standard InChI is InChI=1S/C20H26N2O4S2/c1-14-10-16(28(2,25)26)12-20(24)22(14)17(11-15-6-4-3-5-7-15)18(23)13-19-21-8-9-27-19/h8-10,12,15,17H,3-7,11,13H2,1-2H3/t17-/m0/s1. The maximum absolute atomic E-state index is 13.2. The summed E-state index contributed by atoms with van der Waals surface area (Å²) in [5, 5.41) is 2.56. The molecule has 1 atom stereocenters. The van der Waals surface area contributed by atoms with Crippen LogP contribution in [0.15, 0.2) is 33.4 Å². The van der Waals surface area contributed by atoms with Crippen LogP contribution in [0, 0.1) is 12.8 Å². The first kappa shape index (κ1) is 20.9. The van der Waals surface area contributed by atoms with Crippen molar-refractivity contribution >= 4 is 27.0 Å². The minimum Gasteiger partial charge on any atom is -0.302 e. The molecule has 0 radical (unpaired) electrons. The lowest BCUT2D eigenvalue weighted by atomic mass is 9.83. The smallest absolute Gasteiger partial charge is 0.252 e. The fourth-order valence-electron chi connectivity index (χ4n) is 4.02. The molecule has 28 heavy (non-hydrogen) atoms. The summed E-state index contributed by atoms with van der Waals surface area (Å²) in [6, 6.07) is 2.03. The van der Waals surface area contributed by atoms with Crippen molar-refractivity contribution in [3.8, 4) is 0 Å². The van der Waals surface area contributed by atoms with Crippen LogP contribution < -0.4 is 5.56 Å². The first-order chi connectivity index (χ1) is 13.3. The van der Waals surface area contributed by atoms with E-state index < -0.39 is 21.4 Å². The van der Waals surface area contributed by atoms with Gasteiger partial charge in [0.25, 0.3) is 5.56 Å². The highest BCUT2D eigenvalue weighted by atomic mass is 32.2. The van der Waals surface area contributed by atoms with Crippen LogP contribution in [-0.4, -0.2) is 30.0 Å². The van der Waals surface area contributed by atoms with Gasteiger partial charge >= 0.3 is 0 Å². The van der Waals surface area contributed by atoms with Gasteiger partial charge in [-0.25, -0.2) is 13.4 Å². The maximum atomic E-state index is 13.2. The van der Waals surface area contributed by atoms with Crippen LogP contribution in [0.2, 0.25) is 0 Å². The lowest BCUT2D eigenvalue weighted by Crippen LogP contribution is -2.34. The molecule has 1 fully saturated rings. The van der Waals surface area contributed by atoms with Crippen molar-refractivity contribution in [2.24, 2.45) is 5.92 Å². The Morgan fingerprint density at radius 1 is 1.29 bits per heavy atom. The Hall–Kier alpha value is -1.80. The van der Waals surface area contributed by atoms with E-state index in [1.807, 2.05) is 5.38 Å². The van der Waals surface area contributed by atoms with E-state index in [4.69, 9.17) is 0 Å². The summed E-state index contributed by atoms with van der Waals surface area (Å²) >= 11 is 1.43. The second-order valence-electron chi connectivity index (χ2n) is 7.64. The van der Waals surface area contributed by atoms with Crippen LogP contribution >= 0.6 is 11.3 Å². The second-order valence-corrected chi connectivity index (χ2v) is 10.6. The number of hydrogen-bond acceptors (Lipinski definition) is 6. The van der Waals surface area contributed by atoms with Crippen molar-refractivity contribution in [1.29, 1.82) is 0 Å². The molecule has 0 saturated heterocycles. The summed E-state index contributed by atoms with van der Waals surface area (Å²) in [5.74, 6) is 0.359. The SMILES string of the molecule is Cc1cc(S(C)(=O)=O)cc(=O)n1[C@@H](CC1CCCCC1)C(=O)Cc1nccs1. The number of Topliss-reactive ketones (excluding diaryl/α,β-unsaturated/α-hetero) is 1. The third kappa shape index (κ3) is 4.97. The van der Waals surface area contributed by atoms with E-state index in [0.29, 0.717) is 18.0 Å². The van der Waals surface area contributed by atoms with E-state index >= 15 is 0 Å². The molecule has 0 unspecified atom stereocenters. The van der Waals surface area contributed by atoms with Gasteiger partial charge in [-0.05, 0) is 25.3 Å². The van der Waals surface area contributed by atoms with E-state index in [1.54, 1.807) is 13.1 Å². The van der Waals surface area contributed by atoms with Crippen LogP contribution in [0.1, 0.15) is 55.3 Å². The molecule has 2 aromatic rings. The molecule has 2 aromatic heterocycles. The number of carbonyl (C=O) groups excluding carboxylic acids is 1. The van der Waals surface area contributed by atoms with Gasteiger partial charge in [0.1, 0.15) is 0 Å². The Morgan fingerprint density at radius 3 is 2.57 bits per heavy atom. The largest absolute Gasteiger partial charge is 0.302 e. The summed E-state index contributed by atoms with van der Waals surface area (Å²) in [4.78, 5) is 30.2. The van der Waals surface area contributed by atoms with Gasteiger partial charge in [-0.1, -0.05) is 32.1 Å². The predicted octanol–water partition coefficient (Wildman–Crippen LogP) is 3.34.